The molecule has 3 rings (SSSR count). The van der Waals surface area contributed by atoms with Gasteiger partial charge < -0.3 is 19.3 Å². The largest absolute Gasteiger partial charge is 0.497 e. The van der Waals surface area contributed by atoms with E-state index in [4.69, 9.17) is 9.47 Å². The van der Waals surface area contributed by atoms with Crippen LogP contribution in [0.1, 0.15) is 11.1 Å². The third-order valence-corrected chi connectivity index (χ3v) is 4.95. The first kappa shape index (κ1) is 18.3. The minimum Gasteiger partial charge on any atom is -0.497 e. The molecule has 0 radical (unpaired) electrons. The number of ether oxygens (including phenoxy) is 2. The molecule has 1 aliphatic heterocycles. The van der Waals surface area contributed by atoms with E-state index in [0.29, 0.717) is 6.42 Å². The number of hydrogen-bond acceptors (Lipinski definition) is 3. The van der Waals surface area contributed by atoms with Crippen LogP contribution in [-0.2, 0) is 17.8 Å². The molecule has 1 amide bonds. The molecule has 5 nitrogen and oxygen atoms in total. The Kier molecular flexibility index (Phi) is 6.12. The molecule has 0 spiro atoms. The Morgan fingerprint density at radius 2 is 1.77 bits per heavy atom. The molecule has 1 fully saturated rings. The highest BCUT2D eigenvalue weighted by Gasteiger charge is 2.24. The number of piperazine rings is 1. The summed E-state index contributed by atoms with van der Waals surface area (Å²) in [4.78, 5) is 15.9. The number of nitrogens with one attached hydrogen (secondary N) is 1. The van der Waals surface area contributed by atoms with Crippen molar-refractivity contribution in [2.45, 2.75) is 13.0 Å². The van der Waals surface area contributed by atoms with Gasteiger partial charge in [0.2, 0.25) is 5.91 Å². The molecular formula is C21H27N2O3+. The number of carbonyl (C=O) groups is 1. The molecule has 0 saturated carbocycles. The minimum absolute atomic E-state index is 0.217. The van der Waals surface area contributed by atoms with Crippen molar-refractivity contribution in [3.8, 4) is 11.5 Å². The van der Waals surface area contributed by atoms with Crippen molar-refractivity contribution in [3.05, 3.63) is 59.7 Å². The maximum absolute atomic E-state index is 12.5. The molecule has 1 heterocycles. The van der Waals surface area contributed by atoms with Crippen molar-refractivity contribution in [2.24, 2.45) is 0 Å². The summed E-state index contributed by atoms with van der Waals surface area (Å²) < 4.78 is 10.8. The lowest BCUT2D eigenvalue weighted by atomic mass is 10.1. The lowest BCUT2D eigenvalue weighted by Crippen LogP contribution is -3.13. The van der Waals surface area contributed by atoms with Crippen molar-refractivity contribution >= 4 is 5.91 Å². The second-order valence-electron chi connectivity index (χ2n) is 6.65. The van der Waals surface area contributed by atoms with Crippen molar-refractivity contribution in [2.75, 3.05) is 40.4 Å². The summed E-state index contributed by atoms with van der Waals surface area (Å²) in [6.07, 6.45) is 0.486. The standard InChI is InChI=1S/C21H26N2O3/c1-25-19-8-9-20(26-2)18(15-19)16-22-10-12-23(13-11-22)21(24)14-17-6-4-3-5-7-17/h3-9,15H,10-14,16H2,1-2H3/p+1. The maximum Gasteiger partial charge on any atom is 0.227 e. The average molecular weight is 355 g/mol. The van der Waals surface area contributed by atoms with Gasteiger partial charge in [-0.3, -0.25) is 4.79 Å². The summed E-state index contributed by atoms with van der Waals surface area (Å²) in [6, 6.07) is 15.9. The Morgan fingerprint density at radius 3 is 2.42 bits per heavy atom. The van der Waals surface area contributed by atoms with Crippen molar-refractivity contribution in [3.63, 3.8) is 0 Å². The third kappa shape index (κ3) is 4.55. The third-order valence-electron chi connectivity index (χ3n) is 4.95. The molecule has 1 aliphatic rings. The molecule has 0 aliphatic carbocycles. The number of hydrogen-bond donors (Lipinski definition) is 1. The van der Waals surface area contributed by atoms with E-state index >= 15 is 0 Å². The predicted molar refractivity (Wildman–Crippen MR) is 101 cm³/mol. The van der Waals surface area contributed by atoms with Crippen LogP contribution in [0.4, 0.5) is 0 Å². The van der Waals surface area contributed by atoms with Gasteiger partial charge >= 0.3 is 0 Å². The maximum atomic E-state index is 12.5. The zero-order valence-corrected chi connectivity index (χ0v) is 15.5. The Balaban J connectivity index is 1.55. The van der Waals surface area contributed by atoms with E-state index in [9.17, 15) is 4.79 Å². The van der Waals surface area contributed by atoms with Gasteiger partial charge in [-0.15, -0.1) is 0 Å². The highest BCUT2D eigenvalue weighted by Crippen LogP contribution is 2.23. The zero-order chi connectivity index (χ0) is 18.4. The lowest BCUT2D eigenvalue weighted by Gasteiger charge is -2.32. The van der Waals surface area contributed by atoms with Crippen LogP contribution in [-0.4, -0.2) is 51.2 Å². The summed E-state index contributed by atoms with van der Waals surface area (Å²) in [5.74, 6) is 1.95. The number of benzene rings is 2. The highest BCUT2D eigenvalue weighted by atomic mass is 16.5. The van der Waals surface area contributed by atoms with Crippen LogP contribution < -0.4 is 14.4 Å². The number of amides is 1. The minimum atomic E-state index is 0.217. The van der Waals surface area contributed by atoms with Crippen LogP contribution >= 0.6 is 0 Å². The smallest absolute Gasteiger partial charge is 0.227 e. The molecule has 0 aromatic heterocycles. The molecule has 1 N–H and O–H groups in total. The number of quaternary nitrogens is 1. The molecule has 1 saturated heterocycles. The van der Waals surface area contributed by atoms with Crippen LogP contribution in [0.15, 0.2) is 48.5 Å². The molecule has 138 valence electrons. The van der Waals surface area contributed by atoms with Gasteiger partial charge in [0.15, 0.2) is 0 Å². The van der Waals surface area contributed by atoms with E-state index in [1.807, 2.05) is 53.4 Å². The number of nitrogens with zero attached hydrogens (tertiary/aromatic N) is 1. The van der Waals surface area contributed by atoms with Gasteiger partial charge in [0, 0.05) is 0 Å². The Hall–Kier alpha value is -2.53. The van der Waals surface area contributed by atoms with Gasteiger partial charge in [-0.2, -0.15) is 0 Å². The average Bonchev–Trinajstić information content (AvgIpc) is 2.69. The first-order chi connectivity index (χ1) is 12.7. The van der Waals surface area contributed by atoms with E-state index < -0.39 is 0 Å². The molecule has 2 aromatic rings. The lowest BCUT2D eigenvalue weighted by molar-refractivity contribution is -0.917. The van der Waals surface area contributed by atoms with Gasteiger partial charge in [-0.1, -0.05) is 30.3 Å². The van der Waals surface area contributed by atoms with Crippen molar-refractivity contribution in [1.82, 2.24) is 4.90 Å². The van der Waals surface area contributed by atoms with E-state index in [1.54, 1.807) is 14.2 Å². The molecule has 5 heteroatoms. The quantitative estimate of drug-likeness (QED) is 0.846. The number of rotatable bonds is 6. The second-order valence-corrected chi connectivity index (χ2v) is 6.65. The number of methoxy groups -OCH3 is 2. The van der Waals surface area contributed by atoms with Crippen molar-refractivity contribution in [1.29, 1.82) is 0 Å². The summed E-state index contributed by atoms with van der Waals surface area (Å²) in [6.45, 7) is 4.36. The molecular weight excluding hydrogens is 328 g/mol. The summed E-state index contributed by atoms with van der Waals surface area (Å²) in [5.41, 5.74) is 2.22. The van der Waals surface area contributed by atoms with Crippen LogP contribution in [0.5, 0.6) is 11.5 Å². The Bertz CT molecular complexity index is 725. The zero-order valence-electron chi connectivity index (χ0n) is 15.5. The fourth-order valence-electron chi connectivity index (χ4n) is 3.42. The second kappa shape index (κ2) is 8.72. The topological polar surface area (TPSA) is 43.2 Å². The van der Waals surface area contributed by atoms with Gasteiger partial charge in [0.1, 0.15) is 18.0 Å². The van der Waals surface area contributed by atoms with Gasteiger partial charge in [-0.25, -0.2) is 0 Å². The SMILES string of the molecule is COc1ccc(OC)c(C[NH+]2CCN(C(=O)Cc3ccccc3)CC2)c1. The molecule has 0 unspecified atom stereocenters. The summed E-state index contributed by atoms with van der Waals surface area (Å²) in [7, 11) is 3.37. The first-order valence-corrected chi connectivity index (χ1v) is 9.05. The number of carbonyl (C=O) groups excluding carboxylic acids is 1. The highest BCUT2D eigenvalue weighted by molar-refractivity contribution is 5.78. The van der Waals surface area contributed by atoms with E-state index in [-0.39, 0.29) is 5.91 Å². The predicted octanol–water partition coefficient (Wildman–Crippen LogP) is 1.17. The normalized spacial score (nSPS) is 14.9. The van der Waals surface area contributed by atoms with Gasteiger partial charge in [0.25, 0.3) is 0 Å². The Morgan fingerprint density at radius 1 is 1.04 bits per heavy atom. The van der Waals surface area contributed by atoms with Crippen molar-refractivity contribution < 1.29 is 19.2 Å². The van der Waals surface area contributed by atoms with Crippen LogP contribution in [0.3, 0.4) is 0 Å². The van der Waals surface area contributed by atoms with E-state index in [1.165, 1.54) is 4.90 Å². The molecule has 0 atom stereocenters. The first-order valence-electron chi connectivity index (χ1n) is 9.05. The molecule has 0 bridgehead atoms. The molecule has 26 heavy (non-hydrogen) atoms. The Labute approximate surface area is 155 Å². The van der Waals surface area contributed by atoms with Crippen LogP contribution in [0.25, 0.3) is 0 Å². The molecule has 2 aromatic carbocycles. The van der Waals surface area contributed by atoms with E-state index in [2.05, 4.69) is 0 Å². The summed E-state index contributed by atoms with van der Waals surface area (Å²) >= 11 is 0. The van der Waals surface area contributed by atoms with E-state index in [0.717, 1.165) is 55.3 Å². The van der Waals surface area contributed by atoms with Crippen LogP contribution in [0.2, 0.25) is 0 Å². The fraction of sp³-hybridized carbons (Fsp3) is 0.381. The fourth-order valence-corrected chi connectivity index (χ4v) is 3.42. The summed E-state index contributed by atoms with van der Waals surface area (Å²) in [5, 5.41) is 0. The monoisotopic (exact) mass is 355 g/mol. The van der Waals surface area contributed by atoms with Gasteiger partial charge in [0.05, 0.1) is 52.4 Å². The van der Waals surface area contributed by atoms with Gasteiger partial charge in [-0.05, 0) is 23.8 Å². The van der Waals surface area contributed by atoms with Crippen LogP contribution in [0, 0.1) is 0 Å².